The number of amides is 15. The number of H-pyrrole nitrogens is 2. The summed E-state index contributed by atoms with van der Waals surface area (Å²) in [5, 5.41) is 70.4. The standard InChI is InChI=1S/C79H123N21O19S/c1-37(2)29-55(70(111)86-35-59(103)97-61(39(5)6)75(116)95-57(71(112)87-36-60(104)105)31-47-33-84-52-23-18-16-21-49(47)52)94-74(115)58(32-48-34-85-53-24-19-17-22-50(48)53)96-78(119)64(46(14)102)99-72(113)54(25-20-27-83-79(81)82)92-66(107)42(10)88-65(106)41(9)90-73(114)56(30-38(3)4)93-67(108)43(11)91-77(118)63(45(13)101)100-76(117)62(40(7)8)98-68(109)44(12)89-69(110)51(80)26-28-120-15/h16-19,21-24,33-34,37-46,51,54-58,61-64,84-85,101-102H,20,25-32,35-36,80H2,1-15H3,(H,86,111)(H,87,112)(H,88,106)(H,89,110)(H,90,114)(H,91,118)(H,92,107)(H,93,108)(H,94,115)(H,95,116)(H,96,119)(H,97,103)(H,98,109)(H,99,113)(H,100,117)(H,104,105)(H4,81,82,83)/t41-,42-,43-,44-,45+,46+,51-,54-,55-,56-,57-,58-,61-,62-,63-,64-/m0/s1. The third-order valence-electron chi connectivity index (χ3n) is 19.2. The summed E-state index contributed by atoms with van der Waals surface area (Å²) in [6, 6.07) is -5.29. The summed E-state index contributed by atoms with van der Waals surface area (Å²) in [6.07, 6.45) is 1.67. The zero-order chi connectivity index (χ0) is 90.1. The first-order valence-corrected chi connectivity index (χ1v) is 41.2. The number of carbonyl (C=O) groups is 16. The number of rotatable bonds is 50. The fourth-order valence-corrected chi connectivity index (χ4v) is 12.9. The van der Waals surface area contributed by atoms with Crippen molar-refractivity contribution in [1.29, 1.82) is 0 Å². The number of aliphatic hydroxyl groups excluding tert-OH is 2. The number of aromatic nitrogens is 2. The quantitative estimate of drug-likeness (QED) is 0.0116. The van der Waals surface area contributed by atoms with Crippen LogP contribution in [0.15, 0.2) is 65.9 Å². The van der Waals surface area contributed by atoms with Crippen LogP contribution in [-0.2, 0) is 89.6 Å². The van der Waals surface area contributed by atoms with E-state index in [1.165, 1.54) is 53.3 Å². The highest BCUT2D eigenvalue weighted by molar-refractivity contribution is 7.98. The molecule has 664 valence electrons. The van der Waals surface area contributed by atoms with Gasteiger partial charge in [0.1, 0.15) is 85.1 Å². The van der Waals surface area contributed by atoms with E-state index in [0.29, 0.717) is 34.2 Å². The molecule has 2 aromatic heterocycles. The molecule has 41 heteroatoms. The zero-order valence-corrected chi connectivity index (χ0v) is 71.4. The second-order valence-corrected chi connectivity index (χ2v) is 32.2. The molecule has 0 fully saturated rings. The number of para-hydroxylation sites is 2. The molecule has 40 nitrogen and oxygen atoms in total. The number of hydrogen-bond donors (Lipinski definition) is 23. The van der Waals surface area contributed by atoms with Gasteiger partial charge in [-0.05, 0) is 133 Å². The Morgan fingerprint density at radius 3 is 1.23 bits per heavy atom. The number of nitrogens with one attached hydrogen (secondary N) is 17. The van der Waals surface area contributed by atoms with Crippen molar-refractivity contribution >= 4 is 134 Å². The summed E-state index contributed by atoms with van der Waals surface area (Å²) < 4.78 is 0. The molecule has 4 rings (SSSR count). The number of aromatic amines is 2. The Labute approximate surface area is 701 Å². The topological polar surface area (TPSA) is 636 Å². The van der Waals surface area contributed by atoms with Gasteiger partial charge in [-0.1, -0.05) is 91.8 Å². The average Bonchev–Trinajstić information content (AvgIpc) is 1.77. The van der Waals surface area contributed by atoms with Crippen molar-refractivity contribution in [1.82, 2.24) is 89.7 Å². The van der Waals surface area contributed by atoms with Crippen LogP contribution < -0.4 is 97.0 Å². The lowest BCUT2D eigenvalue weighted by molar-refractivity contribution is -0.138. The minimum absolute atomic E-state index is 0.000251. The number of nitrogens with two attached hydrogens (primary N) is 3. The Balaban J connectivity index is 1.47. The molecular weight excluding hydrogens is 1580 g/mol. The highest BCUT2D eigenvalue weighted by Gasteiger charge is 2.39. The molecule has 0 aliphatic rings. The van der Waals surface area contributed by atoms with Gasteiger partial charge in [0.05, 0.1) is 24.8 Å². The maximum Gasteiger partial charge on any atom is 0.322 e. The van der Waals surface area contributed by atoms with Crippen LogP contribution in [0.3, 0.4) is 0 Å². The van der Waals surface area contributed by atoms with Crippen molar-refractivity contribution in [2.24, 2.45) is 45.9 Å². The maximum atomic E-state index is 14.8. The Morgan fingerprint density at radius 1 is 0.408 bits per heavy atom. The predicted molar refractivity (Wildman–Crippen MR) is 448 cm³/mol. The first-order chi connectivity index (χ1) is 56.3. The van der Waals surface area contributed by atoms with E-state index in [2.05, 4.69) is 94.7 Å². The third-order valence-corrected chi connectivity index (χ3v) is 19.8. The minimum Gasteiger partial charge on any atom is -0.480 e. The van der Waals surface area contributed by atoms with E-state index in [-0.39, 0.29) is 62.9 Å². The first-order valence-electron chi connectivity index (χ1n) is 39.8. The number of aliphatic carboxylic acids is 1. The van der Waals surface area contributed by atoms with Crippen molar-refractivity contribution in [3.8, 4) is 0 Å². The summed E-state index contributed by atoms with van der Waals surface area (Å²) in [7, 11) is 0. The van der Waals surface area contributed by atoms with E-state index in [0.717, 1.165) is 10.9 Å². The molecule has 0 saturated carbocycles. The normalized spacial score (nSPS) is 15.4. The van der Waals surface area contributed by atoms with Crippen molar-refractivity contribution in [2.75, 3.05) is 31.6 Å². The fourth-order valence-electron chi connectivity index (χ4n) is 12.4. The molecule has 2 heterocycles. The van der Waals surface area contributed by atoms with Crippen LogP contribution in [0.1, 0.15) is 140 Å². The monoisotopic (exact) mass is 1700 g/mol. The van der Waals surface area contributed by atoms with Gasteiger partial charge in [-0.15, -0.1) is 0 Å². The van der Waals surface area contributed by atoms with Gasteiger partial charge in [-0.3, -0.25) is 81.7 Å². The summed E-state index contributed by atoms with van der Waals surface area (Å²) in [6.45, 7) is 19.5. The lowest BCUT2D eigenvalue weighted by Crippen LogP contribution is -2.62. The fraction of sp³-hybridized carbons (Fsp3) is 0.582. The predicted octanol–water partition coefficient (Wildman–Crippen LogP) is -3.57. The van der Waals surface area contributed by atoms with E-state index in [9.17, 15) is 92.0 Å². The van der Waals surface area contributed by atoms with Crippen LogP contribution >= 0.6 is 11.8 Å². The number of carbonyl (C=O) groups excluding carboxylic acids is 15. The Morgan fingerprint density at radius 2 is 0.758 bits per heavy atom. The summed E-state index contributed by atoms with van der Waals surface area (Å²) in [5.74, 6) is -16.0. The second kappa shape index (κ2) is 49.2. The van der Waals surface area contributed by atoms with Crippen molar-refractivity contribution in [2.45, 2.75) is 239 Å². The Kier molecular flexibility index (Phi) is 41.4. The number of fused-ring (bicyclic) bond motifs is 2. The van der Waals surface area contributed by atoms with Gasteiger partial charge in [0.15, 0.2) is 5.96 Å². The molecule has 0 unspecified atom stereocenters. The third kappa shape index (κ3) is 33.0. The largest absolute Gasteiger partial charge is 0.480 e. The maximum absolute atomic E-state index is 14.8. The van der Waals surface area contributed by atoms with Crippen LogP contribution in [0.4, 0.5) is 0 Å². The minimum atomic E-state index is -1.86. The second-order valence-electron chi connectivity index (χ2n) is 31.3. The number of aliphatic hydroxyl groups is 2. The molecule has 2 aromatic carbocycles. The van der Waals surface area contributed by atoms with Crippen LogP contribution in [-0.4, -0.2) is 254 Å². The van der Waals surface area contributed by atoms with Gasteiger partial charge in [-0.25, -0.2) is 0 Å². The van der Waals surface area contributed by atoms with Gasteiger partial charge < -0.3 is 122 Å². The van der Waals surface area contributed by atoms with Gasteiger partial charge in [-0.2, -0.15) is 11.8 Å². The molecule has 16 atom stereocenters. The molecule has 0 radical (unpaired) electrons. The molecule has 0 saturated heterocycles. The van der Waals surface area contributed by atoms with Gasteiger partial charge in [0.2, 0.25) is 88.6 Å². The smallest absolute Gasteiger partial charge is 0.322 e. The Bertz CT molecular complexity index is 4240. The van der Waals surface area contributed by atoms with E-state index < -0.39 is 216 Å². The van der Waals surface area contributed by atoms with E-state index >= 15 is 0 Å². The van der Waals surface area contributed by atoms with Crippen LogP contribution in [0.5, 0.6) is 0 Å². The van der Waals surface area contributed by atoms with Crippen molar-refractivity contribution in [3.05, 3.63) is 72.1 Å². The van der Waals surface area contributed by atoms with Crippen LogP contribution in [0.25, 0.3) is 21.8 Å². The number of hydrogen-bond acceptors (Lipinski definition) is 21. The molecule has 0 aliphatic carbocycles. The number of guanidine groups is 1. The number of carboxylic acids is 1. The van der Waals surface area contributed by atoms with Crippen molar-refractivity contribution < 1.29 is 92.0 Å². The molecule has 0 spiro atoms. The summed E-state index contributed by atoms with van der Waals surface area (Å²) in [4.78, 5) is 229. The zero-order valence-electron chi connectivity index (χ0n) is 70.6. The molecule has 26 N–H and O–H groups in total. The molecule has 120 heavy (non-hydrogen) atoms. The molecule has 0 aliphatic heterocycles. The van der Waals surface area contributed by atoms with Crippen molar-refractivity contribution in [3.63, 3.8) is 0 Å². The highest BCUT2D eigenvalue weighted by Crippen LogP contribution is 2.22. The van der Waals surface area contributed by atoms with Gasteiger partial charge in [0.25, 0.3) is 0 Å². The average molecular weight is 1700 g/mol. The molecule has 0 bridgehead atoms. The van der Waals surface area contributed by atoms with Gasteiger partial charge >= 0.3 is 5.97 Å². The van der Waals surface area contributed by atoms with E-state index in [1.54, 1.807) is 110 Å². The molecular formula is C79H123N21O19S. The molecule has 15 amide bonds. The SMILES string of the molecule is CSCC[C@H](N)C(=O)N[C@@H](C)C(=O)N[C@H](C(=O)N[C@H](C(=O)N[C@@H](C)C(=O)N[C@@H](CC(C)C)C(=O)N[C@@H](C)C(=O)N[C@@H](C)C(=O)N[C@@H](CCCN=C(N)N)C(=O)N[C@H](C(=O)N[C@@H](Cc1c[nH]c2ccccc12)C(=O)N[C@@H](CC(C)C)C(=O)NCC(=O)N[C@H](C(=O)N[C@@H](Cc1c[nH]c2ccccc12)C(=O)NCC(=O)O)C(C)C)[C@@H](C)O)[C@@H](C)O)C(C)C. The number of benzene rings is 2. The molecule has 4 aromatic rings. The first kappa shape index (κ1) is 101. The number of thioether (sulfide) groups is 1. The van der Waals surface area contributed by atoms with Crippen LogP contribution in [0.2, 0.25) is 0 Å². The number of carboxylic acid groups (broad SMARTS) is 1. The summed E-state index contributed by atoms with van der Waals surface area (Å²) in [5.41, 5.74) is 19.6. The highest BCUT2D eigenvalue weighted by atomic mass is 32.2. The van der Waals surface area contributed by atoms with E-state index in [1.807, 2.05) is 12.3 Å². The van der Waals surface area contributed by atoms with Crippen LogP contribution in [0, 0.1) is 23.7 Å². The summed E-state index contributed by atoms with van der Waals surface area (Å²) >= 11 is 1.49. The number of aliphatic imine (C=N–C) groups is 1. The lowest BCUT2D eigenvalue weighted by atomic mass is 10.00. The van der Waals surface area contributed by atoms with Gasteiger partial charge in [0, 0.05) is 53.6 Å². The lowest BCUT2D eigenvalue weighted by Gasteiger charge is -2.29. The Hall–Kier alpha value is -11.5. The van der Waals surface area contributed by atoms with E-state index in [4.69, 9.17) is 17.2 Å². The number of nitrogens with zero attached hydrogens (tertiary/aromatic N) is 1.